The van der Waals surface area contributed by atoms with Crippen molar-refractivity contribution in [2.75, 3.05) is 25.7 Å². The molecule has 96 valence electrons. The van der Waals surface area contributed by atoms with Crippen LogP contribution in [0.25, 0.3) is 0 Å². The van der Waals surface area contributed by atoms with Gasteiger partial charge >= 0.3 is 5.97 Å². The molecule has 0 aromatic heterocycles. The van der Waals surface area contributed by atoms with Gasteiger partial charge in [-0.3, -0.25) is 4.79 Å². The molecule has 0 aromatic rings. The van der Waals surface area contributed by atoms with E-state index in [0.717, 1.165) is 6.26 Å². The molecular weight excluding hydrogens is 234 g/mol. The molecule has 0 saturated carbocycles. The lowest BCUT2D eigenvalue weighted by molar-refractivity contribution is -0.152. The Bertz CT molecular complexity index is 314. The number of sulfone groups is 1. The smallest absolute Gasteiger partial charge is 0.323 e. The van der Waals surface area contributed by atoms with Crippen molar-refractivity contribution in [3.05, 3.63) is 0 Å². The van der Waals surface area contributed by atoms with E-state index in [9.17, 15) is 13.2 Å². The molecule has 16 heavy (non-hydrogen) atoms. The Hall–Kier alpha value is -0.660. The van der Waals surface area contributed by atoms with Crippen LogP contribution in [-0.4, -0.2) is 52.3 Å². The van der Waals surface area contributed by atoms with Crippen LogP contribution in [-0.2, 0) is 24.1 Å². The topological polar surface area (TPSA) is 95.7 Å². The van der Waals surface area contributed by atoms with Crippen molar-refractivity contribution in [3.63, 3.8) is 0 Å². The van der Waals surface area contributed by atoms with E-state index in [4.69, 9.17) is 15.2 Å². The Labute approximate surface area is 96.0 Å². The van der Waals surface area contributed by atoms with Crippen molar-refractivity contribution in [1.82, 2.24) is 0 Å². The van der Waals surface area contributed by atoms with Gasteiger partial charge in [-0.1, -0.05) is 0 Å². The highest BCUT2D eigenvalue weighted by atomic mass is 32.2. The average Bonchev–Trinajstić information content (AvgIpc) is 2.13. The van der Waals surface area contributed by atoms with Gasteiger partial charge in [-0.25, -0.2) is 8.42 Å². The molecule has 2 unspecified atom stereocenters. The first-order chi connectivity index (χ1) is 7.26. The molecule has 0 aromatic carbocycles. The number of methoxy groups -OCH3 is 1. The molecular formula is C9H19NO5S. The van der Waals surface area contributed by atoms with E-state index in [-0.39, 0.29) is 24.9 Å². The SMILES string of the molecule is COCC(C)OC(=O)C(N)CCS(C)(=O)=O. The van der Waals surface area contributed by atoms with Gasteiger partial charge in [0.1, 0.15) is 22.0 Å². The summed E-state index contributed by atoms with van der Waals surface area (Å²) in [5, 5.41) is 0. The zero-order valence-electron chi connectivity index (χ0n) is 9.80. The van der Waals surface area contributed by atoms with E-state index >= 15 is 0 Å². The minimum atomic E-state index is -3.10. The molecule has 0 aliphatic carbocycles. The van der Waals surface area contributed by atoms with Crippen LogP contribution < -0.4 is 5.73 Å². The fourth-order valence-corrected chi connectivity index (χ4v) is 1.70. The van der Waals surface area contributed by atoms with Crippen molar-refractivity contribution in [2.45, 2.75) is 25.5 Å². The summed E-state index contributed by atoms with van der Waals surface area (Å²) in [6, 6.07) is -0.908. The average molecular weight is 253 g/mol. The Balaban J connectivity index is 4.00. The van der Waals surface area contributed by atoms with Crippen molar-refractivity contribution in [3.8, 4) is 0 Å². The molecule has 0 radical (unpaired) electrons. The van der Waals surface area contributed by atoms with E-state index in [0.29, 0.717) is 0 Å². The molecule has 0 saturated heterocycles. The maximum atomic E-state index is 11.3. The Morgan fingerprint density at radius 1 is 1.44 bits per heavy atom. The van der Waals surface area contributed by atoms with Crippen LogP contribution >= 0.6 is 0 Å². The predicted molar refractivity (Wildman–Crippen MR) is 59.7 cm³/mol. The van der Waals surface area contributed by atoms with Crippen LogP contribution in [0.3, 0.4) is 0 Å². The van der Waals surface area contributed by atoms with Gasteiger partial charge in [-0.2, -0.15) is 0 Å². The summed E-state index contributed by atoms with van der Waals surface area (Å²) in [5.74, 6) is -0.727. The second kappa shape index (κ2) is 6.82. The summed E-state index contributed by atoms with van der Waals surface area (Å²) in [4.78, 5) is 11.3. The minimum Gasteiger partial charge on any atom is -0.459 e. The zero-order chi connectivity index (χ0) is 12.8. The number of carbonyl (C=O) groups excluding carboxylic acids is 1. The number of hydrogen-bond acceptors (Lipinski definition) is 6. The highest BCUT2D eigenvalue weighted by molar-refractivity contribution is 7.90. The highest BCUT2D eigenvalue weighted by Crippen LogP contribution is 2.00. The minimum absolute atomic E-state index is 0.0668. The number of esters is 1. The third kappa shape index (κ3) is 7.61. The lowest BCUT2D eigenvalue weighted by Gasteiger charge is -2.15. The fraction of sp³-hybridized carbons (Fsp3) is 0.889. The van der Waals surface area contributed by atoms with E-state index in [1.165, 1.54) is 7.11 Å². The maximum absolute atomic E-state index is 11.3. The molecule has 6 nitrogen and oxygen atoms in total. The molecule has 2 atom stereocenters. The monoisotopic (exact) mass is 253 g/mol. The molecule has 0 amide bonds. The summed E-state index contributed by atoms with van der Waals surface area (Å²) in [7, 11) is -1.61. The first-order valence-electron chi connectivity index (χ1n) is 4.89. The van der Waals surface area contributed by atoms with Gasteiger partial charge in [0, 0.05) is 13.4 Å². The molecule has 0 aliphatic heterocycles. The van der Waals surface area contributed by atoms with Crippen LogP contribution in [0.2, 0.25) is 0 Å². The third-order valence-corrected chi connectivity index (χ3v) is 2.80. The van der Waals surface area contributed by atoms with E-state index < -0.39 is 21.8 Å². The largest absolute Gasteiger partial charge is 0.459 e. The number of rotatable bonds is 7. The number of carbonyl (C=O) groups is 1. The molecule has 2 N–H and O–H groups in total. The molecule has 0 fully saturated rings. The van der Waals surface area contributed by atoms with Gasteiger partial charge in [0.05, 0.1) is 12.4 Å². The van der Waals surface area contributed by atoms with Crippen LogP contribution in [0, 0.1) is 0 Å². The van der Waals surface area contributed by atoms with Crippen LogP contribution in [0.1, 0.15) is 13.3 Å². The Kier molecular flexibility index (Phi) is 6.54. The van der Waals surface area contributed by atoms with Gasteiger partial charge in [0.25, 0.3) is 0 Å². The Morgan fingerprint density at radius 2 is 2.00 bits per heavy atom. The van der Waals surface area contributed by atoms with Crippen molar-refractivity contribution >= 4 is 15.8 Å². The molecule has 0 bridgehead atoms. The lowest BCUT2D eigenvalue weighted by Crippen LogP contribution is -2.36. The van der Waals surface area contributed by atoms with Crippen molar-refractivity contribution in [2.24, 2.45) is 5.73 Å². The summed E-state index contributed by atoms with van der Waals surface area (Å²) in [6.07, 6.45) is 0.775. The fourth-order valence-electron chi connectivity index (χ4n) is 1.01. The predicted octanol–water partition coefficient (Wildman–Crippen LogP) is -0.673. The first kappa shape index (κ1) is 15.3. The summed E-state index contributed by atoms with van der Waals surface area (Å²) in [5.41, 5.74) is 5.49. The van der Waals surface area contributed by atoms with Gasteiger partial charge in [0.2, 0.25) is 0 Å². The van der Waals surface area contributed by atoms with Crippen LogP contribution in [0.15, 0.2) is 0 Å². The van der Waals surface area contributed by atoms with Gasteiger partial charge in [0.15, 0.2) is 0 Å². The standard InChI is InChI=1S/C9H19NO5S/c1-7(6-14-2)15-9(11)8(10)4-5-16(3,12)13/h7-8H,4-6,10H2,1-3H3. The van der Waals surface area contributed by atoms with E-state index in [2.05, 4.69) is 0 Å². The summed E-state index contributed by atoms with van der Waals surface area (Å²) in [6.45, 7) is 1.95. The van der Waals surface area contributed by atoms with Gasteiger partial charge < -0.3 is 15.2 Å². The van der Waals surface area contributed by atoms with Crippen LogP contribution in [0.5, 0.6) is 0 Å². The zero-order valence-corrected chi connectivity index (χ0v) is 10.6. The molecule has 0 heterocycles. The molecule has 0 spiro atoms. The van der Waals surface area contributed by atoms with Gasteiger partial charge in [-0.05, 0) is 13.3 Å². The van der Waals surface area contributed by atoms with E-state index in [1.807, 2.05) is 0 Å². The van der Waals surface area contributed by atoms with Gasteiger partial charge in [-0.15, -0.1) is 0 Å². The summed E-state index contributed by atoms with van der Waals surface area (Å²) >= 11 is 0. The third-order valence-electron chi connectivity index (χ3n) is 1.82. The molecule has 0 rings (SSSR count). The normalized spacial score (nSPS) is 15.5. The quantitative estimate of drug-likeness (QED) is 0.604. The number of nitrogens with two attached hydrogens (primary N) is 1. The number of hydrogen-bond donors (Lipinski definition) is 1. The van der Waals surface area contributed by atoms with Crippen molar-refractivity contribution < 1.29 is 22.7 Å². The van der Waals surface area contributed by atoms with E-state index in [1.54, 1.807) is 6.92 Å². The Morgan fingerprint density at radius 3 is 2.44 bits per heavy atom. The molecule has 7 heteroatoms. The van der Waals surface area contributed by atoms with Crippen molar-refractivity contribution in [1.29, 1.82) is 0 Å². The molecule has 0 aliphatic rings. The number of ether oxygens (including phenoxy) is 2. The maximum Gasteiger partial charge on any atom is 0.323 e. The first-order valence-corrected chi connectivity index (χ1v) is 6.95. The van der Waals surface area contributed by atoms with Crippen LogP contribution in [0.4, 0.5) is 0 Å². The lowest BCUT2D eigenvalue weighted by atomic mass is 10.2. The second-order valence-electron chi connectivity index (χ2n) is 3.73. The second-order valence-corrected chi connectivity index (χ2v) is 5.99. The highest BCUT2D eigenvalue weighted by Gasteiger charge is 2.19. The summed E-state index contributed by atoms with van der Waals surface area (Å²) < 4.78 is 31.4.